The van der Waals surface area contributed by atoms with Gasteiger partial charge in [-0.2, -0.15) is 0 Å². The lowest BCUT2D eigenvalue weighted by atomic mass is 10.2. The summed E-state index contributed by atoms with van der Waals surface area (Å²) < 4.78 is 12.4. The largest absolute Gasteiger partial charge is 0.486 e. The molecule has 7 heteroatoms. The smallest absolute Gasteiger partial charge is 0.337 e. The molecule has 1 amide bonds. The first-order valence-electron chi connectivity index (χ1n) is 9.74. The molecule has 1 aromatic heterocycles. The SMILES string of the molecule is COC(=O)c1ccc(NC(=O)Cn2c(COc3ccccc3)nc3ccccc32)cc1. The standard InChI is InChI=1S/C24H21N3O4/c1-30-24(29)17-11-13-18(14-12-17)25-23(28)15-27-21-10-6-5-9-20(21)26-22(27)16-31-19-7-3-2-4-8-19/h2-14H,15-16H2,1H3,(H,25,28). The molecule has 0 atom stereocenters. The fourth-order valence-corrected chi connectivity index (χ4v) is 3.23. The maximum atomic E-state index is 12.7. The van der Waals surface area contributed by atoms with Gasteiger partial charge in [0.05, 0.1) is 23.7 Å². The van der Waals surface area contributed by atoms with Crippen LogP contribution in [0.3, 0.4) is 0 Å². The maximum Gasteiger partial charge on any atom is 0.337 e. The average molecular weight is 415 g/mol. The molecule has 156 valence electrons. The van der Waals surface area contributed by atoms with Gasteiger partial charge < -0.3 is 19.4 Å². The molecule has 31 heavy (non-hydrogen) atoms. The number of nitrogens with zero attached hydrogens (tertiary/aromatic N) is 2. The summed E-state index contributed by atoms with van der Waals surface area (Å²) in [6, 6.07) is 23.6. The lowest BCUT2D eigenvalue weighted by Gasteiger charge is -2.11. The summed E-state index contributed by atoms with van der Waals surface area (Å²) in [5.74, 6) is 0.748. The minimum absolute atomic E-state index is 0.0761. The van der Waals surface area contributed by atoms with Crippen LogP contribution in [0.1, 0.15) is 16.2 Å². The van der Waals surface area contributed by atoms with Gasteiger partial charge in [0, 0.05) is 5.69 Å². The number of rotatable bonds is 7. The van der Waals surface area contributed by atoms with Crippen LogP contribution in [0.4, 0.5) is 5.69 Å². The first-order chi connectivity index (χ1) is 15.1. The zero-order valence-electron chi connectivity index (χ0n) is 16.9. The van der Waals surface area contributed by atoms with Crippen molar-refractivity contribution >= 4 is 28.6 Å². The van der Waals surface area contributed by atoms with E-state index in [-0.39, 0.29) is 19.1 Å². The van der Waals surface area contributed by atoms with E-state index in [1.54, 1.807) is 24.3 Å². The van der Waals surface area contributed by atoms with Crippen molar-refractivity contribution < 1.29 is 19.1 Å². The van der Waals surface area contributed by atoms with Crippen molar-refractivity contribution in [3.63, 3.8) is 0 Å². The third-order valence-electron chi connectivity index (χ3n) is 4.74. The normalized spacial score (nSPS) is 10.6. The molecule has 0 bridgehead atoms. The number of methoxy groups -OCH3 is 1. The second-order valence-electron chi connectivity index (χ2n) is 6.82. The van der Waals surface area contributed by atoms with E-state index in [0.29, 0.717) is 17.1 Å². The number of carbonyl (C=O) groups excluding carboxylic acids is 2. The van der Waals surface area contributed by atoms with E-state index < -0.39 is 5.97 Å². The van der Waals surface area contributed by atoms with Gasteiger partial charge in [-0.1, -0.05) is 30.3 Å². The summed E-state index contributed by atoms with van der Waals surface area (Å²) in [6.07, 6.45) is 0. The van der Waals surface area contributed by atoms with Gasteiger partial charge >= 0.3 is 5.97 Å². The van der Waals surface area contributed by atoms with Crippen LogP contribution in [-0.4, -0.2) is 28.5 Å². The Kier molecular flexibility index (Phi) is 5.93. The van der Waals surface area contributed by atoms with E-state index >= 15 is 0 Å². The minimum Gasteiger partial charge on any atom is -0.486 e. The summed E-state index contributed by atoms with van der Waals surface area (Å²) in [6.45, 7) is 0.312. The molecule has 0 saturated heterocycles. The van der Waals surface area contributed by atoms with E-state index in [1.165, 1.54) is 7.11 Å². The monoisotopic (exact) mass is 415 g/mol. The zero-order valence-corrected chi connectivity index (χ0v) is 16.9. The lowest BCUT2D eigenvalue weighted by Crippen LogP contribution is -2.20. The van der Waals surface area contributed by atoms with Crippen molar-refractivity contribution in [2.75, 3.05) is 12.4 Å². The number of hydrogen-bond acceptors (Lipinski definition) is 5. The number of imidazole rings is 1. The highest BCUT2D eigenvalue weighted by Gasteiger charge is 2.15. The molecule has 1 heterocycles. The molecule has 4 aromatic rings. The summed E-state index contributed by atoms with van der Waals surface area (Å²) in [4.78, 5) is 28.9. The Labute approximate surface area is 179 Å². The van der Waals surface area contributed by atoms with E-state index in [9.17, 15) is 9.59 Å². The van der Waals surface area contributed by atoms with Gasteiger partial charge in [-0.25, -0.2) is 9.78 Å². The number of benzene rings is 3. The van der Waals surface area contributed by atoms with Crippen molar-refractivity contribution in [1.82, 2.24) is 9.55 Å². The molecule has 3 aromatic carbocycles. The zero-order chi connectivity index (χ0) is 21.6. The molecule has 0 radical (unpaired) electrons. The van der Waals surface area contributed by atoms with Crippen LogP contribution in [-0.2, 0) is 22.7 Å². The molecule has 0 unspecified atom stereocenters. The molecular weight excluding hydrogens is 394 g/mol. The molecule has 7 nitrogen and oxygen atoms in total. The van der Waals surface area contributed by atoms with Gasteiger partial charge in [-0.3, -0.25) is 4.79 Å². The highest BCUT2D eigenvalue weighted by molar-refractivity contribution is 5.93. The fourth-order valence-electron chi connectivity index (χ4n) is 3.23. The highest BCUT2D eigenvalue weighted by atomic mass is 16.5. The molecule has 4 rings (SSSR count). The number of carbonyl (C=O) groups is 2. The molecule has 0 aliphatic carbocycles. The second kappa shape index (κ2) is 9.13. The van der Waals surface area contributed by atoms with Crippen LogP contribution in [0.15, 0.2) is 78.9 Å². The topological polar surface area (TPSA) is 82.5 Å². The van der Waals surface area contributed by atoms with Gasteiger partial charge in [0.15, 0.2) is 0 Å². The van der Waals surface area contributed by atoms with Gasteiger partial charge in [0.1, 0.15) is 24.7 Å². The van der Waals surface area contributed by atoms with Crippen molar-refractivity contribution in [2.24, 2.45) is 0 Å². The van der Waals surface area contributed by atoms with Crippen molar-refractivity contribution in [3.05, 3.63) is 90.3 Å². The summed E-state index contributed by atoms with van der Waals surface area (Å²) in [5.41, 5.74) is 2.65. The first kappa shape index (κ1) is 20.2. The second-order valence-corrected chi connectivity index (χ2v) is 6.82. The van der Waals surface area contributed by atoms with Crippen molar-refractivity contribution in [2.45, 2.75) is 13.2 Å². The number of para-hydroxylation sites is 3. The number of ether oxygens (including phenoxy) is 2. The number of nitrogens with one attached hydrogen (secondary N) is 1. The lowest BCUT2D eigenvalue weighted by molar-refractivity contribution is -0.116. The van der Waals surface area contributed by atoms with Crippen LogP contribution >= 0.6 is 0 Å². The summed E-state index contributed by atoms with van der Waals surface area (Å²) in [7, 11) is 1.33. The molecule has 0 saturated carbocycles. The van der Waals surface area contributed by atoms with Gasteiger partial charge in [-0.05, 0) is 48.5 Å². The molecule has 0 spiro atoms. The fraction of sp³-hybridized carbons (Fsp3) is 0.125. The number of esters is 1. The Morgan fingerprint density at radius 1 is 0.935 bits per heavy atom. The first-order valence-corrected chi connectivity index (χ1v) is 9.74. The Bertz CT molecular complexity index is 1200. The predicted octanol–water partition coefficient (Wildman–Crippen LogP) is 4.04. The quantitative estimate of drug-likeness (QED) is 0.461. The molecule has 0 aliphatic heterocycles. The van der Waals surface area contributed by atoms with Crippen LogP contribution < -0.4 is 10.1 Å². The Morgan fingerprint density at radius 3 is 2.39 bits per heavy atom. The molecular formula is C24H21N3O4. The van der Waals surface area contributed by atoms with Gasteiger partial charge in [0.2, 0.25) is 5.91 Å². The van der Waals surface area contributed by atoms with Crippen molar-refractivity contribution in [1.29, 1.82) is 0 Å². The summed E-state index contributed by atoms with van der Waals surface area (Å²) in [5, 5.41) is 2.85. The van der Waals surface area contributed by atoms with Gasteiger partial charge in [-0.15, -0.1) is 0 Å². The summed E-state index contributed by atoms with van der Waals surface area (Å²) >= 11 is 0. The number of hydrogen-bond donors (Lipinski definition) is 1. The van der Waals surface area contributed by atoms with E-state index in [2.05, 4.69) is 15.0 Å². The van der Waals surface area contributed by atoms with Gasteiger partial charge in [0.25, 0.3) is 0 Å². The van der Waals surface area contributed by atoms with Crippen LogP contribution in [0.25, 0.3) is 11.0 Å². The Hall–Kier alpha value is -4.13. The Morgan fingerprint density at radius 2 is 1.65 bits per heavy atom. The van der Waals surface area contributed by atoms with Crippen LogP contribution in [0.5, 0.6) is 5.75 Å². The molecule has 1 N–H and O–H groups in total. The van der Waals surface area contributed by atoms with Crippen LogP contribution in [0.2, 0.25) is 0 Å². The van der Waals surface area contributed by atoms with E-state index in [0.717, 1.165) is 16.8 Å². The van der Waals surface area contributed by atoms with E-state index in [1.807, 2.05) is 59.2 Å². The van der Waals surface area contributed by atoms with Crippen molar-refractivity contribution in [3.8, 4) is 5.75 Å². The predicted molar refractivity (Wildman–Crippen MR) is 117 cm³/mol. The number of aromatic nitrogens is 2. The molecule has 0 fully saturated rings. The maximum absolute atomic E-state index is 12.7. The van der Waals surface area contributed by atoms with E-state index in [4.69, 9.17) is 4.74 Å². The Balaban J connectivity index is 1.51. The number of amides is 1. The third kappa shape index (κ3) is 4.72. The van der Waals surface area contributed by atoms with Crippen LogP contribution in [0, 0.1) is 0 Å². The number of anilines is 1. The minimum atomic E-state index is -0.425. The molecule has 0 aliphatic rings. The highest BCUT2D eigenvalue weighted by Crippen LogP contribution is 2.19. The number of fused-ring (bicyclic) bond motifs is 1. The average Bonchev–Trinajstić information content (AvgIpc) is 3.15. The third-order valence-corrected chi connectivity index (χ3v) is 4.74.